The Kier molecular flexibility index (Phi) is 16.4. The smallest absolute Gasteiger partial charge is 0.343 e. The summed E-state index contributed by atoms with van der Waals surface area (Å²) in [7, 11) is 0. The molecule has 0 fully saturated rings. The summed E-state index contributed by atoms with van der Waals surface area (Å²) in [4.78, 5) is 36.7. The van der Waals surface area contributed by atoms with Gasteiger partial charge in [-0.25, -0.2) is 9.59 Å². The standard InChI is InChI=1S/C39H50O7/c1-4-6-8-11-14-30(3)45-38(41)34-22-26-36(27-23-34)46-39(42)33-18-16-31(17-19-33)32-20-24-35(25-21-32)43-28-12-9-10-13-29-44-37(40)15-7-5-2/h16-27,30H,4-15,28-29H2,1-3H3/t30-/m0/s1. The Hall–Kier alpha value is -4.13. The highest BCUT2D eigenvalue weighted by molar-refractivity contribution is 5.92. The molecule has 0 aliphatic heterocycles. The van der Waals surface area contributed by atoms with Gasteiger partial charge in [-0.3, -0.25) is 4.79 Å². The maximum atomic E-state index is 12.7. The van der Waals surface area contributed by atoms with Gasteiger partial charge >= 0.3 is 17.9 Å². The Labute approximate surface area is 274 Å². The third-order valence-corrected chi connectivity index (χ3v) is 7.69. The normalized spacial score (nSPS) is 11.5. The van der Waals surface area contributed by atoms with Crippen LogP contribution in [-0.4, -0.2) is 37.2 Å². The number of unbranched alkanes of at least 4 members (excludes halogenated alkanes) is 7. The van der Waals surface area contributed by atoms with E-state index in [2.05, 4.69) is 13.8 Å². The number of ether oxygens (including phenoxy) is 4. The molecule has 248 valence electrons. The lowest BCUT2D eigenvalue weighted by Crippen LogP contribution is -2.15. The van der Waals surface area contributed by atoms with Gasteiger partial charge in [0, 0.05) is 6.42 Å². The van der Waals surface area contributed by atoms with Crippen LogP contribution in [0.25, 0.3) is 11.1 Å². The van der Waals surface area contributed by atoms with Crippen LogP contribution in [0.4, 0.5) is 0 Å². The Morgan fingerprint density at radius 3 is 1.78 bits per heavy atom. The summed E-state index contributed by atoms with van der Waals surface area (Å²) in [5, 5.41) is 0. The van der Waals surface area contributed by atoms with Gasteiger partial charge in [-0.1, -0.05) is 63.8 Å². The molecule has 7 nitrogen and oxygen atoms in total. The van der Waals surface area contributed by atoms with E-state index in [0.29, 0.717) is 36.5 Å². The molecule has 0 amide bonds. The molecule has 0 spiro atoms. The minimum atomic E-state index is -0.473. The van der Waals surface area contributed by atoms with E-state index in [1.54, 1.807) is 36.4 Å². The molecular weight excluding hydrogens is 580 g/mol. The third-order valence-electron chi connectivity index (χ3n) is 7.69. The minimum Gasteiger partial charge on any atom is -0.494 e. The van der Waals surface area contributed by atoms with E-state index in [0.717, 1.165) is 74.7 Å². The molecule has 0 N–H and O–H groups in total. The first kappa shape index (κ1) is 36.3. The molecule has 0 saturated carbocycles. The maximum Gasteiger partial charge on any atom is 0.343 e. The van der Waals surface area contributed by atoms with Crippen molar-refractivity contribution in [3.05, 3.63) is 83.9 Å². The van der Waals surface area contributed by atoms with Crippen LogP contribution in [0, 0.1) is 0 Å². The predicted molar refractivity (Wildman–Crippen MR) is 181 cm³/mol. The zero-order valence-corrected chi connectivity index (χ0v) is 27.8. The van der Waals surface area contributed by atoms with Crippen molar-refractivity contribution in [1.82, 2.24) is 0 Å². The second-order valence-electron chi connectivity index (χ2n) is 11.7. The fourth-order valence-corrected chi connectivity index (χ4v) is 4.86. The van der Waals surface area contributed by atoms with E-state index in [9.17, 15) is 14.4 Å². The number of rotatable bonds is 21. The van der Waals surface area contributed by atoms with Crippen LogP contribution in [0.3, 0.4) is 0 Å². The molecule has 0 aromatic heterocycles. The van der Waals surface area contributed by atoms with Gasteiger partial charge in [0.05, 0.1) is 30.4 Å². The molecule has 0 unspecified atom stereocenters. The number of hydrogen-bond acceptors (Lipinski definition) is 7. The summed E-state index contributed by atoms with van der Waals surface area (Å²) in [5.74, 6) is 0.229. The summed E-state index contributed by atoms with van der Waals surface area (Å²) in [6, 6.07) is 21.6. The zero-order chi connectivity index (χ0) is 33.0. The molecule has 0 aliphatic carbocycles. The van der Waals surface area contributed by atoms with Crippen molar-refractivity contribution in [1.29, 1.82) is 0 Å². The highest BCUT2D eigenvalue weighted by atomic mass is 16.5. The number of carbonyl (C=O) groups excluding carboxylic acids is 3. The first-order valence-corrected chi connectivity index (χ1v) is 16.9. The SMILES string of the molecule is CCCCCC[C@H](C)OC(=O)c1ccc(OC(=O)c2ccc(-c3ccc(OCCCCCCOC(=O)CCCC)cc3)cc2)cc1. The van der Waals surface area contributed by atoms with Gasteiger partial charge in [-0.05, 0) is 112 Å². The summed E-state index contributed by atoms with van der Waals surface area (Å²) in [5.41, 5.74) is 2.84. The minimum absolute atomic E-state index is 0.0933. The maximum absolute atomic E-state index is 12.7. The van der Waals surface area contributed by atoms with Crippen LogP contribution in [0.5, 0.6) is 11.5 Å². The van der Waals surface area contributed by atoms with Gasteiger partial charge in [-0.2, -0.15) is 0 Å². The number of carbonyl (C=O) groups is 3. The lowest BCUT2D eigenvalue weighted by atomic mass is 10.0. The molecule has 0 saturated heterocycles. The highest BCUT2D eigenvalue weighted by Crippen LogP contribution is 2.24. The van der Waals surface area contributed by atoms with Gasteiger partial charge < -0.3 is 18.9 Å². The molecule has 3 rings (SSSR count). The average Bonchev–Trinajstić information content (AvgIpc) is 3.07. The first-order valence-electron chi connectivity index (χ1n) is 16.9. The molecule has 3 aromatic carbocycles. The van der Waals surface area contributed by atoms with Gasteiger partial charge in [0.1, 0.15) is 11.5 Å². The lowest BCUT2D eigenvalue weighted by molar-refractivity contribution is -0.143. The molecule has 0 bridgehead atoms. The van der Waals surface area contributed by atoms with Crippen LogP contribution in [-0.2, 0) is 14.3 Å². The number of benzene rings is 3. The fraction of sp³-hybridized carbons (Fsp3) is 0.462. The van der Waals surface area contributed by atoms with Crippen molar-refractivity contribution < 1.29 is 33.3 Å². The predicted octanol–water partition coefficient (Wildman–Crippen LogP) is 9.76. The Balaban J connectivity index is 1.37. The Morgan fingerprint density at radius 2 is 1.13 bits per heavy atom. The largest absolute Gasteiger partial charge is 0.494 e. The van der Waals surface area contributed by atoms with Crippen molar-refractivity contribution in [2.75, 3.05) is 13.2 Å². The molecule has 0 aliphatic rings. The van der Waals surface area contributed by atoms with Crippen LogP contribution in [0.2, 0.25) is 0 Å². The van der Waals surface area contributed by atoms with Crippen molar-refractivity contribution in [3.63, 3.8) is 0 Å². The molecule has 3 aromatic rings. The van der Waals surface area contributed by atoms with Crippen LogP contribution in [0.1, 0.15) is 119 Å². The summed E-state index contributed by atoms with van der Waals surface area (Å²) >= 11 is 0. The molecule has 1 atom stereocenters. The van der Waals surface area contributed by atoms with E-state index in [-0.39, 0.29) is 18.0 Å². The van der Waals surface area contributed by atoms with Crippen molar-refractivity contribution >= 4 is 17.9 Å². The quantitative estimate of drug-likeness (QED) is 0.0658. The van der Waals surface area contributed by atoms with Crippen LogP contribution >= 0.6 is 0 Å². The monoisotopic (exact) mass is 630 g/mol. The van der Waals surface area contributed by atoms with E-state index in [4.69, 9.17) is 18.9 Å². The Morgan fingerprint density at radius 1 is 0.587 bits per heavy atom. The van der Waals surface area contributed by atoms with E-state index in [1.165, 1.54) is 12.8 Å². The molecule has 46 heavy (non-hydrogen) atoms. The first-order chi connectivity index (χ1) is 22.4. The highest BCUT2D eigenvalue weighted by Gasteiger charge is 2.14. The van der Waals surface area contributed by atoms with Crippen LogP contribution in [0.15, 0.2) is 72.8 Å². The average molecular weight is 631 g/mol. The van der Waals surface area contributed by atoms with Gasteiger partial charge in [-0.15, -0.1) is 0 Å². The van der Waals surface area contributed by atoms with Crippen LogP contribution < -0.4 is 9.47 Å². The molecule has 0 heterocycles. The number of esters is 3. The summed E-state index contributed by atoms with van der Waals surface area (Å²) < 4.78 is 22.2. The molecular formula is C39H50O7. The van der Waals surface area contributed by atoms with E-state index in [1.807, 2.05) is 43.3 Å². The van der Waals surface area contributed by atoms with Crippen molar-refractivity contribution in [2.24, 2.45) is 0 Å². The number of hydrogen-bond donors (Lipinski definition) is 0. The second kappa shape index (κ2) is 20.8. The van der Waals surface area contributed by atoms with E-state index >= 15 is 0 Å². The van der Waals surface area contributed by atoms with Gasteiger partial charge in [0.25, 0.3) is 0 Å². The van der Waals surface area contributed by atoms with Crippen molar-refractivity contribution in [3.8, 4) is 22.6 Å². The topological polar surface area (TPSA) is 88.1 Å². The van der Waals surface area contributed by atoms with E-state index < -0.39 is 5.97 Å². The summed E-state index contributed by atoms with van der Waals surface area (Å²) in [6.45, 7) is 7.28. The summed E-state index contributed by atoms with van der Waals surface area (Å²) in [6.07, 6.45) is 11.5. The third kappa shape index (κ3) is 13.5. The molecule has 7 heteroatoms. The van der Waals surface area contributed by atoms with Gasteiger partial charge in [0.2, 0.25) is 0 Å². The molecule has 0 radical (unpaired) electrons. The second-order valence-corrected chi connectivity index (χ2v) is 11.7. The van der Waals surface area contributed by atoms with Crippen molar-refractivity contribution in [2.45, 2.75) is 104 Å². The Bertz CT molecular complexity index is 1310. The zero-order valence-electron chi connectivity index (χ0n) is 27.8. The lowest BCUT2D eigenvalue weighted by Gasteiger charge is -2.13. The fourth-order valence-electron chi connectivity index (χ4n) is 4.86. The van der Waals surface area contributed by atoms with Gasteiger partial charge in [0.15, 0.2) is 0 Å².